The fraction of sp³-hybridized carbons (Fsp3) is 0.688. The van der Waals surface area contributed by atoms with Crippen LogP contribution in [-0.4, -0.2) is 54.1 Å². The molecule has 1 amide bonds. The smallest absolute Gasteiger partial charge is 0.246 e. The molecule has 0 unspecified atom stereocenters. The SMILES string of the molecule is CC(C)c1n[nH]c([C@H]2CN(C(=O)Cn3nccn3)C[C@@H]2C2CC2)n1. The Morgan fingerprint density at radius 1 is 1.29 bits per heavy atom. The predicted molar refractivity (Wildman–Crippen MR) is 86.0 cm³/mol. The number of rotatable bonds is 5. The lowest BCUT2D eigenvalue weighted by Crippen LogP contribution is -2.33. The Balaban J connectivity index is 1.50. The fourth-order valence-electron chi connectivity index (χ4n) is 3.58. The van der Waals surface area contributed by atoms with E-state index in [0.717, 1.165) is 18.2 Å². The van der Waals surface area contributed by atoms with Crippen LogP contribution in [0.1, 0.15) is 50.2 Å². The Morgan fingerprint density at radius 3 is 2.67 bits per heavy atom. The van der Waals surface area contributed by atoms with Crippen molar-refractivity contribution >= 4 is 5.91 Å². The molecule has 2 aromatic rings. The van der Waals surface area contributed by atoms with Gasteiger partial charge >= 0.3 is 0 Å². The molecule has 1 aliphatic heterocycles. The largest absolute Gasteiger partial charge is 0.340 e. The molecule has 128 valence electrons. The molecular formula is C16H23N7O. The molecule has 8 heteroatoms. The summed E-state index contributed by atoms with van der Waals surface area (Å²) in [6.45, 7) is 5.88. The van der Waals surface area contributed by atoms with Gasteiger partial charge in [0.25, 0.3) is 0 Å². The van der Waals surface area contributed by atoms with Crippen molar-refractivity contribution in [2.45, 2.75) is 45.1 Å². The number of nitrogens with zero attached hydrogens (tertiary/aromatic N) is 6. The van der Waals surface area contributed by atoms with Crippen molar-refractivity contribution in [2.75, 3.05) is 13.1 Å². The molecule has 0 spiro atoms. The van der Waals surface area contributed by atoms with Crippen LogP contribution >= 0.6 is 0 Å². The summed E-state index contributed by atoms with van der Waals surface area (Å²) in [7, 11) is 0. The molecule has 3 heterocycles. The van der Waals surface area contributed by atoms with Crippen LogP contribution in [0.2, 0.25) is 0 Å². The van der Waals surface area contributed by atoms with Crippen LogP contribution in [-0.2, 0) is 11.3 Å². The summed E-state index contributed by atoms with van der Waals surface area (Å²) in [6.07, 6.45) is 5.70. The Kier molecular flexibility index (Phi) is 3.82. The molecule has 2 aromatic heterocycles. The zero-order valence-electron chi connectivity index (χ0n) is 14.1. The minimum Gasteiger partial charge on any atom is -0.340 e. The maximum atomic E-state index is 12.6. The Bertz CT molecular complexity index is 704. The number of nitrogens with one attached hydrogen (secondary N) is 1. The van der Waals surface area contributed by atoms with Crippen LogP contribution < -0.4 is 0 Å². The number of hydrogen-bond donors (Lipinski definition) is 1. The van der Waals surface area contributed by atoms with Crippen molar-refractivity contribution < 1.29 is 4.79 Å². The van der Waals surface area contributed by atoms with Gasteiger partial charge in [0.15, 0.2) is 5.82 Å². The van der Waals surface area contributed by atoms with E-state index in [2.05, 4.69) is 39.2 Å². The number of carbonyl (C=O) groups is 1. The Hall–Kier alpha value is -2.25. The lowest BCUT2D eigenvalue weighted by Gasteiger charge is -2.15. The van der Waals surface area contributed by atoms with Crippen molar-refractivity contribution in [3.8, 4) is 0 Å². The van der Waals surface area contributed by atoms with Crippen molar-refractivity contribution in [1.29, 1.82) is 0 Å². The quantitative estimate of drug-likeness (QED) is 0.889. The number of amides is 1. The van der Waals surface area contributed by atoms with Crippen LogP contribution in [0.15, 0.2) is 12.4 Å². The van der Waals surface area contributed by atoms with E-state index in [4.69, 9.17) is 0 Å². The van der Waals surface area contributed by atoms with E-state index in [0.29, 0.717) is 24.3 Å². The first-order valence-electron chi connectivity index (χ1n) is 8.66. The van der Waals surface area contributed by atoms with E-state index in [-0.39, 0.29) is 18.4 Å². The van der Waals surface area contributed by atoms with Crippen LogP contribution in [0, 0.1) is 11.8 Å². The molecule has 1 saturated heterocycles. The molecule has 0 radical (unpaired) electrons. The van der Waals surface area contributed by atoms with Crippen LogP contribution in [0.3, 0.4) is 0 Å². The van der Waals surface area contributed by atoms with Crippen molar-refractivity contribution in [3.63, 3.8) is 0 Å². The molecule has 0 aromatic carbocycles. The van der Waals surface area contributed by atoms with Gasteiger partial charge in [-0.05, 0) is 24.7 Å². The molecule has 8 nitrogen and oxygen atoms in total. The molecular weight excluding hydrogens is 306 g/mol. The van der Waals surface area contributed by atoms with E-state index in [1.165, 1.54) is 17.6 Å². The van der Waals surface area contributed by atoms with E-state index < -0.39 is 0 Å². The van der Waals surface area contributed by atoms with Crippen molar-refractivity contribution in [3.05, 3.63) is 24.0 Å². The third kappa shape index (κ3) is 2.92. The summed E-state index contributed by atoms with van der Waals surface area (Å²) in [5.74, 6) is 3.61. The first kappa shape index (κ1) is 15.3. The number of aromatic amines is 1. The van der Waals surface area contributed by atoms with Gasteiger partial charge in [0.1, 0.15) is 12.4 Å². The van der Waals surface area contributed by atoms with Gasteiger partial charge in [0.2, 0.25) is 5.91 Å². The number of carbonyl (C=O) groups excluding carboxylic acids is 1. The van der Waals surface area contributed by atoms with Gasteiger partial charge < -0.3 is 4.90 Å². The topological polar surface area (TPSA) is 92.6 Å². The highest BCUT2D eigenvalue weighted by Gasteiger charge is 2.45. The zero-order valence-corrected chi connectivity index (χ0v) is 14.1. The normalized spacial score (nSPS) is 24.0. The first-order chi connectivity index (χ1) is 11.6. The number of likely N-dealkylation sites (tertiary alicyclic amines) is 1. The monoisotopic (exact) mass is 329 g/mol. The molecule has 2 aliphatic rings. The lowest BCUT2D eigenvalue weighted by atomic mass is 9.91. The number of H-pyrrole nitrogens is 1. The second kappa shape index (κ2) is 5.99. The highest BCUT2D eigenvalue weighted by Crippen LogP contribution is 2.47. The molecule has 1 aliphatic carbocycles. The average molecular weight is 329 g/mol. The predicted octanol–water partition coefficient (Wildman–Crippen LogP) is 1.17. The highest BCUT2D eigenvalue weighted by molar-refractivity contribution is 5.76. The van der Waals surface area contributed by atoms with Gasteiger partial charge in [-0.15, -0.1) is 0 Å². The maximum Gasteiger partial charge on any atom is 0.246 e. The summed E-state index contributed by atoms with van der Waals surface area (Å²) in [5, 5.41) is 15.5. The Labute approximate surface area is 140 Å². The Morgan fingerprint density at radius 2 is 2.04 bits per heavy atom. The fourth-order valence-corrected chi connectivity index (χ4v) is 3.58. The third-order valence-electron chi connectivity index (χ3n) is 5.08. The van der Waals surface area contributed by atoms with Gasteiger partial charge in [0.05, 0.1) is 12.4 Å². The van der Waals surface area contributed by atoms with Gasteiger partial charge in [-0.25, -0.2) is 4.98 Å². The van der Waals surface area contributed by atoms with Crippen molar-refractivity contribution in [2.24, 2.45) is 11.8 Å². The second-order valence-corrected chi connectivity index (χ2v) is 7.20. The molecule has 2 fully saturated rings. The van der Waals surface area contributed by atoms with Gasteiger partial charge in [-0.1, -0.05) is 13.8 Å². The molecule has 0 bridgehead atoms. The summed E-state index contributed by atoms with van der Waals surface area (Å²) >= 11 is 0. The molecule has 1 N–H and O–H groups in total. The summed E-state index contributed by atoms with van der Waals surface area (Å²) in [5.41, 5.74) is 0. The first-order valence-corrected chi connectivity index (χ1v) is 8.66. The third-order valence-corrected chi connectivity index (χ3v) is 5.08. The molecule has 24 heavy (non-hydrogen) atoms. The zero-order chi connectivity index (χ0) is 16.7. The van der Waals surface area contributed by atoms with Crippen LogP contribution in [0.5, 0.6) is 0 Å². The number of hydrogen-bond acceptors (Lipinski definition) is 5. The molecule has 4 rings (SSSR count). The summed E-state index contributed by atoms with van der Waals surface area (Å²) in [6, 6.07) is 0. The lowest BCUT2D eigenvalue weighted by molar-refractivity contribution is -0.131. The van der Waals surface area contributed by atoms with E-state index >= 15 is 0 Å². The van der Waals surface area contributed by atoms with E-state index in [1.807, 2.05) is 4.90 Å². The van der Waals surface area contributed by atoms with Crippen molar-refractivity contribution in [1.82, 2.24) is 35.1 Å². The number of aromatic nitrogens is 6. The van der Waals surface area contributed by atoms with Gasteiger partial charge in [-0.2, -0.15) is 20.1 Å². The van der Waals surface area contributed by atoms with E-state index in [9.17, 15) is 4.79 Å². The highest BCUT2D eigenvalue weighted by atomic mass is 16.2. The molecule has 1 saturated carbocycles. The minimum absolute atomic E-state index is 0.0722. The van der Waals surface area contributed by atoms with Crippen LogP contribution in [0.25, 0.3) is 0 Å². The molecule has 2 atom stereocenters. The summed E-state index contributed by atoms with van der Waals surface area (Å²) in [4.78, 5) is 20.6. The average Bonchev–Trinajstić information content (AvgIpc) is 2.99. The van der Waals surface area contributed by atoms with Gasteiger partial charge in [0, 0.05) is 24.9 Å². The van der Waals surface area contributed by atoms with Gasteiger partial charge in [-0.3, -0.25) is 9.89 Å². The maximum absolute atomic E-state index is 12.6. The van der Waals surface area contributed by atoms with Crippen LogP contribution in [0.4, 0.5) is 0 Å². The van der Waals surface area contributed by atoms with E-state index in [1.54, 1.807) is 12.4 Å². The summed E-state index contributed by atoms with van der Waals surface area (Å²) < 4.78 is 0. The second-order valence-electron chi connectivity index (χ2n) is 7.20. The minimum atomic E-state index is 0.0722. The standard InChI is InChI=1S/C16H23N7O/c1-10(2)15-19-16(21-20-15)13-8-22(7-12(13)11-3-4-11)14(24)9-23-17-5-6-18-23/h5-6,10-13H,3-4,7-9H2,1-2H3,(H,19,20,21)/t12-,13+/m1/s1.